The van der Waals surface area contributed by atoms with E-state index in [1.54, 1.807) is 35.2 Å². The van der Waals surface area contributed by atoms with Gasteiger partial charge in [0.1, 0.15) is 17.2 Å². The van der Waals surface area contributed by atoms with Crippen molar-refractivity contribution in [3.8, 4) is 17.2 Å². The van der Waals surface area contributed by atoms with Gasteiger partial charge in [-0.2, -0.15) is 4.21 Å². The molecule has 248 valence electrons. The number of amides is 1. The van der Waals surface area contributed by atoms with Gasteiger partial charge in [-0.1, -0.05) is 116 Å². The predicted molar refractivity (Wildman–Crippen MR) is 188 cm³/mol. The molecule has 0 heterocycles. The second-order valence-corrected chi connectivity index (χ2v) is 12.6. The Morgan fingerprint density at radius 3 is 1.87 bits per heavy atom. The van der Waals surface area contributed by atoms with Crippen molar-refractivity contribution in [2.75, 3.05) is 24.4 Å². The van der Waals surface area contributed by atoms with Crippen LogP contribution in [0.2, 0.25) is 0 Å². The molecule has 45 heavy (non-hydrogen) atoms. The highest BCUT2D eigenvalue weighted by atomic mass is 32.2. The molecule has 2 N–H and O–H groups in total. The van der Waals surface area contributed by atoms with Crippen LogP contribution in [0, 0.1) is 0 Å². The maximum absolute atomic E-state index is 13.6. The molecule has 0 fully saturated rings. The van der Waals surface area contributed by atoms with Gasteiger partial charge < -0.3 is 18.9 Å². The summed E-state index contributed by atoms with van der Waals surface area (Å²) in [5, 5.41) is 12.3. The lowest BCUT2D eigenvalue weighted by Gasteiger charge is -2.24. The van der Waals surface area contributed by atoms with Crippen molar-refractivity contribution in [3.63, 3.8) is 0 Å². The number of unbranched alkanes of at least 4 members (excludes halogenated alkanes) is 11. The first-order valence-electron chi connectivity index (χ1n) is 17.1. The molecule has 0 aromatic heterocycles. The van der Waals surface area contributed by atoms with Crippen molar-refractivity contribution in [1.29, 1.82) is 0 Å². The quantitative estimate of drug-likeness (QED) is 0.0797. The lowest BCUT2D eigenvalue weighted by Crippen LogP contribution is -2.33. The Morgan fingerprint density at radius 2 is 1.27 bits per heavy atom. The minimum atomic E-state index is -1.94. The number of hydrogen-bond acceptors (Lipinski definition) is 5. The van der Waals surface area contributed by atoms with Crippen molar-refractivity contribution in [3.05, 3.63) is 60.2 Å². The first-order valence-corrected chi connectivity index (χ1v) is 18.2. The van der Waals surface area contributed by atoms with Crippen LogP contribution in [0.5, 0.6) is 17.2 Å². The average molecular weight is 639 g/mol. The SMILES string of the molecule is CCCCCCCCCCCCOc1ccc(OS(=O)Nc2cc(C(=O)N(CCCC)CCCC)c(O)c3ccccc23)cc1. The minimum Gasteiger partial charge on any atom is -0.506 e. The molecule has 3 rings (SSSR count). The monoisotopic (exact) mass is 638 g/mol. The van der Waals surface area contributed by atoms with Crippen molar-refractivity contribution in [2.24, 2.45) is 0 Å². The summed E-state index contributed by atoms with van der Waals surface area (Å²) in [5.41, 5.74) is 0.636. The van der Waals surface area contributed by atoms with Gasteiger partial charge in [0.15, 0.2) is 0 Å². The fourth-order valence-corrected chi connectivity index (χ4v) is 6.04. The molecule has 0 spiro atoms. The highest BCUT2D eigenvalue weighted by molar-refractivity contribution is 7.82. The highest BCUT2D eigenvalue weighted by Gasteiger charge is 2.22. The van der Waals surface area contributed by atoms with Gasteiger partial charge in [-0.3, -0.25) is 9.52 Å². The Balaban J connectivity index is 1.55. The van der Waals surface area contributed by atoms with Crippen LogP contribution >= 0.6 is 0 Å². The van der Waals surface area contributed by atoms with Gasteiger partial charge in [0, 0.05) is 23.9 Å². The second kappa shape index (κ2) is 20.7. The topological polar surface area (TPSA) is 88.1 Å². The maximum Gasteiger partial charge on any atom is 0.316 e. The number of aromatic hydroxyl groups is 1. The van der Waals surface area contributed by atoms with Gasteiger partial charge in [-0.25, -0.2) is 0 Å². The number of anilines is 1. The Labute approximate surface area is 273 Å². The van der Waals surface area contributed by atoms with Crippen LogP contribution in [-0.2, 0) is 11.3 Å². The van der Waals surface area contributed by atoms with Crippen molar-refractivity contribution >= 4 is 33.6 Å². The second-order valence-electron chi connectivity index (χ2n) is 11.8. The number of rotatable bonds is 23. The van der Waals surface area contributed by atoms with E-state index < -0.39 is 11.3 Å². The molecular weight excluding hydrogens is 584 g/mol. The Morgan fingerprint density at radius 1 is 0.733 bits per heavy atom. The lowest BCUT2D eigenvalue weighted by molar-refractivity contribution is 0.0748. The summed E-state index contributed by atoms with van der Waals surface area (Å²) in [4.78, 5) is 15.4. The van der Waals surface area contributed by atoms with Gasteiger partial charge >= 0.3 is 11.3 Å². The number of benzene rings is 3. The summed E-state index contributed by atoms with van der Waals surface area (Å²) < 4.78 is 27.5. The van der Waals surface area contributed by atoms with Gasteiger partial charge in [0.05, 0.1) is 17.9 Å². The third-order valence-corrected chi connectivity index (χ3v) is 8.78. The van der Waals surface area contributed by atoms with Crippen LogP contribution in [0.4, 0.5) is 5.69 Å². The van der Waals surface area contributed by atoms with E-state index >= 15 is 0 Å². The van der Waals surface area contributed by atoms with E-state index in [1.807, 2.05) is 24.3 Å². The minimum absolute atomic E-state index is 0.0701. The molecule has 0 bridgehead atoms. The van der Waals surface area contributed by atoms with E-state index in [1.165, 1.54) is 57.8 Å². The van der Waals surface area contributed by atoms with Crippen molar-refractivity contribution < 1.29 is 23.0 Å². The fourth-order valence-electron chi connectivity index (χ4n) is 5.36. The molecule has 0 aliphatic carbocycles. The number of fused-ring (bicyclic) bond motifs is 1. The van der Waals surface area contributed by atoms with Crippen LogP contribution < -0.4 is 13.6 Å². The Bertz CT molecular complexity index is 1310. The van der Waals surface area contributed by atoms with E-state index in [0.29, 0.717) is 41.9 Å². The summed E-state index contributed by atoms with van der Waals surface area (Å²) in [6.45, 7) is 8.36. The smallest absolute Gasteiger partial charge is 0.316 e. The molecule has 0 aliphatic rings. The normalized spacial score (nSPS) is 11.8. The van der Waals surface area contributed by atoms with E-state index in [4.69, 9.17) is 8.92 Å². The maximum atomic E-state index is 13.6. The first-order chi connectivity index (χ1) is 22.0. The van der Waals surface area contributed by atoms with Gasteiger partial charge in [-0.05, 0) is 49.6 Å². The third kappa shape index (κ3) is 12.2. The summed E-state index contributed by atoms with van der Waals surface area (Å²) in [7, 11) is 0. The molecule has 1 unspecified atom stereocenters. The zero-order chi connectivity index (χ0) is 32.3. The van der Waals surface area contributed by atoms with Crippen molar-refractivity contribution in [2.45, 2.75) is 111 Å². The molecule has 7 nitrogen and oxygen atoms in total. The number of carbonyl (C=O) groups excluding carboxylic acids is 1. The van der Waals surface area contributed by atoms with Crippen LogP contribution in [0.1, 0.15) is 121 Å². The van der Waals surface area contributed by atoms with E-state index in [9.17, 15) is 14.1 Å². The zero-order valence-electron chi connectivity index (χ0n) is 27.7. The van der Waals surface area contributed by atoms with E-state index in [2.05, 4.69) is 25.5 Å². The molecule has 0 aliphatic heterocycles. The highest BCUT2D eigenvalue weighted by Crippen LogP contribution is 2.36. The van der Waals surface area contributed by atoms with Crippen LogP contribution in [0.25, 0.3) is 10.8 Å². The third-order valence-electron chi connectivity index (χ3n) is 8.05. The summed E-state index contributed by atoms with van der Waals surface area (Å²) in [5.74, 6) is 0.875. The van der Waals surface area contributed by atoms with Gasteiger partial charge in [0.25, 0.3) is 5.91 Å². The Hall–Kier alpha value is -3.26. The molecule has 1 atom stereocenters. The molecule has 3 aromatic carbocycles. The molecule has 1 amide bonds. The number of hydrogen-bond donors (Lipinski definition) is 2. The number of phenolic OH excluding ortho intramolecular Hbond substituents is 1. The average Bonchev–Trinajstić information content (AvgIpc) is 3.05. The van der Waals surface area contributed by atoms with Crippen molar-refractivity contribution in [1.82, 2.24) is 4.90 Å². The molecule has 3 aromatic rings. The lowest BCUT2D eigenvalue weighted by atomic mass is 10.0. The molecule has 8 heteroatoms. The van der Waals surface area contributed by atoms with Crippen LogP contribution in [0.15, 0.2) is 54.6 Å². The molecule has 0 saturated heterocycles. The predicted octanol–water partition coefficient (Wildman–Crippen LogP) is 9.96. The summed E-state index contributed by atoms with van der Waals surface area (Å²) in [6.07, 6.45) is 16.6. The number of phenols is 1. The molecular formula is C37H54N2O5S. The van der Waals surface area contributed by atoms with E-state index in [0.717, 1.165) is 37.9 Å². The van der Waals surface area contributed by atoms with Gasteiger partial charge in [0.2, 0.25) is 0 Å². The number of nitrogens with one attached hydrogen (secondary N) is 1. The fraction of sp³-hybridized carbons (Fsp3) is 0.541. The Kier molecular flexibility index (Phi) is 16.7. The largest absolute Gasteiger partial charge is 0.506 e. The number of carbonyl (C=O) groups is 1. The molecule has 0 saturated carbocycles. The number of nitrogens with zero attached hydrogens (tertiary/aromatic N) is 1. The van der Waals surface area contributed by atoms with Gasteiger partial charge in [-0.15, -0.1) is 0 Å². The van der Waals surface area contributed by atoms with E-state index in [-0.39, 0.29) is 17.2 Å². The number of ether oxygens (including phenoxy) is 1. The zero-order valence-corrected chi connectivity index (χ0v) is 28.5. The van der Waals surface area contributed by atoms with Crippen LogP contribution in [-0.4, -0.2) is 39.8 Å². The summed E-state index contributed by atoms with van der Waals surface area (Å²) in [6, 6.07) is 15.9. The standard InChI is InChI=1S/C37H54N2O5S/c1-4-7-10-11-12-13-14-15-16-19-28-43-30-22-24-31(25-23-30)44-45(42)38-35-29-34(36(40)33-21-18-17-20-32(33)35)37(41)39(26-8-5-2)27-9-6-3/h17-18,20-25,29,38,40H,4-16,19,26-28H2,1-3H3. The van der Waals surface area contributed by atoms with Crippen LogP contribution in [0.3, 0.4) is 0 Å². The molecule has 0 radical (unpaired) electrons. The first kappa shape index (κ1) is 36.2. The summed E-state index contributed by atoms with van der Waals surface area (Å²) >= 11 is -1.94.